The summed E-state index contributed by atoms with van der Waals surface area (Å²) in [6.07, 6.45) is 4.15. The first-order valence-electron chi connectivity index (χ1n) is 8.58. The van der Waals surface area contributed by atoms with Crippen molar-refractivity contribution in [3.8, 4) is 0 Å². The van der Waals surface area contributed by atoms with Crippen LogP contribution in [0.15, 0.2) is 53.7 Å². The number of H-pyrrole nitrogens is 1. The monoisotopic (exact) mass is 400 g/mol. The zero-order chi connectivity index (χ0) is 19.8. The highest BCUT2D eigenvalue weighted by molar-refractivity contribution is 7.99. The minimum Gasteiger partial charge on any atom is -0.355 e. The van der Waals surface area contributed by atoms with Crippen molar-refractivity contribution in [2.45, 2.75) is 11.6 Å². The van der Waals surface area contributed by atoms with Gasteiger partial charge in [-0.05, 0) is 47.9 Å². The van der Waals surface area contributed by atoms with E-state index in [9.17, 15) is 13.6 Å². The molecule has 0 aliphatic rings. The molecule has 0 spiro atoms. The number of benzene rings is 2. The fourth-order valence-electron chi connectivity index (χ4n) is 2.32. The van der Waals surface area contributed by atoms with E-state index in [4.69, 9.17) is 0 Å². The number of halogens is 2. The molecule has 3 rings (SSSR count). The van der Waals surface area contributed by atoms with Gasteiger partial charge in [0.05, 0.1) is 5.75 Å². The lowest BCUT2D eigenvalue weighted by Gasteiger charge is -2.04. The number of hydrogen-bond donors (Lipinski definition) is 2. The smallest absolute Gasteiger partial charge is 0.230 e. The molecule has 0 fully saturated rings. The number of carbonyl (C=O) groups excluding carboxylic acids is 1. The van der Waals surface area contributed by atoms with Gasteiger partial charge in [0.25, 0.3) is 0 Å². The SMILES string of the molecule is O=C(CSc1n[nH]c(/C=C/c2ccc(F)cc2)n1)NCCc1ccc(F)cc1. The molecular formula is C20H18F2N4OS. The van der Waals surface area contributed by atoms with E-state index in [1.165, 1.54) is 36.0 Å². The number of aromatic nitrogens is 3. The Hall–Kier alpha value is -3.00. The molecule has 5 nitrogen and oxygen atoms in total. The molecule has 0 radical (unpaired) electrons. The lowest BCUT2D eigenvalue weighted by molar-refractivity contribution is -0.118. The Morgan fingerprint density at radius 1 is 1.04 bits per heavy atom. The third-order valence-corrected chi connectivity index (χ3v) is 4.61. The Bertz CT molecular complexity index is 940. The summed E-state index contributed by atoms with van der Waals surface area (Å²) in [6.45, 7) is 0.477. The number of amides is 1. The summed E-state index contributed by atoms with van der Waals surface area (Å²) >= 11 is 1.22. The molecule has 0 unspecified atom stereocenters. The maximum Gasteiger partial charge on any atom is 0.230 e. The molecule has 28 heavy (non-hydrogen) atoms. The summed E-state index contributed by atoms with van der Waals surface area (Å²) in [6, 6.07) is 12.3. The molecular weight excluding hydrogens is 382 g/mol. The van der Waals surface area contributed by atoms with E-state index in [1.54, 1.807) is 36.4 Å². The van der Waals surface area contributed by atoms with Gasteiger partial charge in [0.2, 0.25) is 11.1 Å². The van der Waals surface area contributed by atoms with Crippen LogP contribution in [-0.4, -0.2) is 33.4 Å². The summed E-state index contributed by atoms with van der Waals surface area (Å²) < 4.78 is 25.7. The van der Waals surface area contributed by atoms with Crippen LogP contribution in [-0.2, 0) is 11.2 Å². The van der Waals surface area contributed by atoms with E-state index < -0.39 is 0 Å². The van der Waals surface area contributed by atoms with E-state index in [-0.39, 0.29) is 23.3 Å². The quantitative estimate of drug-likeness (QED) is 0.566. The van der Waals surface area contributed by atoms with Crippen LogP contribution in [0.3, 0.4) is 0 Å². The van der Waals surface area contributed by atoms with Gasteiger partial charge in [-0.1, -0.05) is 42.1 Å². The zero-order valence-corrected chi connectivity index (χ0v) is 15.7. The molecule has 0 bridgehead atoms. The molecule has 0 atom stereocenters. The third kappa shape index (κ3) is 6.31. The highest BCUT2D eigenvalue weighted by atomic mass is 32.2. The van der Waals surface area contributed by atoms with Gasteiger partial charge < -0.3 is 5.32 Å². The van der Waals surface area contributed by atoms with Crippen LogP contribution in [0.25, 0.3) is 12.2 Å². The number of nitrogens with one attached hydrogen (secondary N) is 2. The van der Waals surface area contributed by atoms with Crippen molar-refractivity contribution < 1.29 is 13.6 Å². The van der Waals surface area contributed by atoms with E-state index in [1.807, 2.05) is 0 Å². The molecule has 1 heterocycles. The van der Waals surface area contributed by atoms with Gasteiger partial charge in [-0.25, -0.2) is 13.8 Å². The van der Waals surface area contributed by atoms with Crippen LogP contribution >= 0.6 is 11.8 Å². The first-order valence-corrected chi connectivity index (χ1v) is 9.57. The number of carbonyl (C=O) groups is 1. The van der Waals surface area contributed by atoms with Gasteiger partial charge in [-0.15, -0.1) is 5.10 Å². The summed E-state index contributed by atoms with van der Waals surface area (Å²) in [5, 5.41) is 10.1. The van der Waals surface area contributed by atoms with E-state index in [0.29, 0.717) is 23.9 Å². The fourth-order valence-corrected chi connectivity index (χ4v) is 2.96. The first-order chi connectivity index (χ1) is 13.6. The maximum absolute atomic E-state index is 12.9. The molecule has 0 aliphatic heterocycles. The number of aromatic amines is 1. The largest absolute Gasteiger partial charge is 0.355 e. The molecule has 8 heteroatoms. The normalized spacial score (nSPS) is 11.1. The van der Waals surface area contributed by atoms with Crippen molar-refractivity contribution in [1.82, 2.24) is 20.5 Å². The van der Waals surface area contributed by atoms with Gasteiger partial charge in [0.1, 0.15) is 17.5 Å². The molecule has 0 aliphatic carbocycles. The molecule has 144 valence electrons. The predicted molar refractivity (Wildman–Crippen MR) is 106 cm³/mol. The fraction of sp³-hybridized carbons (Fsp3) is 0.150. The van der Waals surface area contributed by atoms with Gasteiger partial charge in [0, 0.05) is 6.54 Å². The molecule has 3 aromatic rings. The highest BCUT2D eigenvalue weighted by Gasteiger charge is 2.06. The van der Waals surface area contributed by atoms with Crippen LogP contribution in [0, 0.1) is 11.6 Å². The Kier molecular flexibility index (Phi) is 6.91. The average molecular weight is 400 g/mol. The van der Waals surface area contributed by atoms with Crippen molar-refractivity contribution in [2.24, 2.45) is 0 Å². The molecule has 1 aromatic heterocycles. The standard InChI is InChI=1S/C20H18F2N4OS/c21-16-6-1-14(2-7-16)5-10-18-24-20(26-25-18)28-13-19(27)23-12-11-15-3-8-17(22)9-4-15/h1-10H,11-13H2,(H,23,27)(H,24,25,26)/b10-5+. The number of hydrogen-bond acceptors (Lipinski definition) is 4. The van der Waals surface area contributed by atoms with Gasteiger partial charge in [-0.2, -0.15) is 0 Å². The average Bonchev–Trinajstić information content (AvgIpc) is 3.15. The van der Waals surface area contributed by atoms with Gasteiger partial charge >= 0.3 is 0 Å². The Morgan fingerprint density at radius 3 is 2.43 bits per heavy atom. The van der Waals surface area contributed by atoms with Crippen LogP contribution in [0.4, 0.5) is 8.78 Å². The van der Waals surface area contributed by atoms with Crippen LogP contribution < -0.4 is 5.32 Å². The van der Waals surface area contributed by atoms with Crippen molar-refractivity contribution in [3.05, 3.63) is 77.1 Å². The highest BCUT2D eigenvalue weighted by Crippen LogP contribution is 2.13. The molecule has 0 saturated heterocycles. The summed E-state index contributed by atoms with van der Waals surface area (Å²) in [7, 11) is 0. The maximum atomic E-state index is 12.9. The minimum absolute atomic E-state index is 0.125. The summed E-state index contributed by atoms with van der Waals surface area (Å²) in [5.74, 6) is 0.0560. The van der Waals surface area contributed by atoms with Gasteiger partial charge in [0.15, 0.2) is 0 Å². The van der Waals surface area contributed by atoms with E-state index >= 15 is 0 Å². The van der Waals surface area contributed by atoms with E-state index in [0.717, 1.165) is 11.1 Å². The van der Waals surface area contributed by atoms with Crippen LogP contribution in [0.5, 0.6) is 0 Å². The predicted octanol–water partition coefficient (Wildman–Crippen LogP) is 3.70. The molecule has 2 N–H and O–H groups in total. The molecule has 1 amide bonds. The zero-order valence-electron chi connectivity index (χ0n) is 14.9. The first kappa shape index (κ1) is 19.8. The van der Waals surface area contributed by atoms with Crippen LogP contribution in [0.2, 0.25) is 0 Å². The van der Waals surface area contributed by atoms with Crippen molar-refractivity contribution in [2.75, 3.05) is 12.3 Å². The lowest BCUT2D eigenvalue weighted by Crippen LogP contribution is -2.27. The Morgan fingerprint density at radius 2 is 1.71 bits per heavy atom. The molecule has 0 saturated carbocycles. The van der Waals surface area contributed by atoms with Crippen molar-refractivity contribution >= 4 is 29.8 Å². The van der Waals surface area contributed by atoms with Crippen molar-refractivity contribution in [3.63, 3.8) is 0 Å². The second-order valence-corrected chi connectivity index (χ2v) is 6.85. The topological polar surface area (TPSA) is 70.7 Å². The summed E-state index contributed by atoms with van der Waals surface area (Å²) in [4.78, 5) is 16.2. The Balaban J connectivity index is 1.40. The number of nitrogens with zero attached hydrogens (tertiary/aromatic N) is 2. The van der Waals surface area contributed by atoms with Crippen LogP contribution in [0.1, 0.15) is 17.0 Å². The second-order valence-electron chi connectivity index (χ2n) is 5.90. The van der Waals surface area contributed by atoms with Gasteiger partial charge in [-0.3, -0.25) is 9.89 Å². The Labute approximate surface area is 165 Å². The summed E-state index contributed by atoms with van der Waals surface area (Å²) in [5.41, 5.74) is 1.80. The minimum atomic E-state index is -0.286. The third-order valence-electron chi connectivity index (χ3n) is 3.77. The number of thioether (sulfide) groups is 1. The number of rotatable bonds is 8. The van der Waals surface area contributed by atoms with Crippen molar-refractivity contribution in [1.29, 1.82) is 0 Å². The lowest BCUT2D eigenvalue weighted by atomic mass is 10.1. The van der Waals surface area contributed by atoms with E-state index in [2.05, 4.69) is 20.5 Å². The molecule has 2 aromatic carbocycles. The second kappa shape index (κ2) is 9.80.